The van der Waals surface area contributed by atoms with E-state index in [-0.39, 0.29) is 17.6 Å². The van der Waals surface area contributed by atoms with Crippen molar-refractivity contribution in [2.45, 2.75) is 117 Å². The molecule has 0 amide bonds. The SMILES string of the molecule is CC(C)CCC[C@@H](C)[C@H]1C(O)C[C@H]2[C@@H]3CC=C4C5(CC5)C(O)CC[C@]4(C)[C@H]3CC[C@]12C. The quantitative estimate of drug-likeness (QED) is 0.475. The molecule has 0 bridgehead atoms. The topological polar surface area (TPSA) is 40.5 Å². The van der Waals surface area contributed by atoms with Crippen LogP contribution in [0, 0.1) is 51.8 Å². The maximum atomic E-state index is 11.3. The number of aliphatic hydroxyl groups is 2. The summed E-state index contributed by atoms with van der Waals surface area (Å²) < 4.78 is 0. The molecule has 1 spiro atoms. The third-order valence-electron chi connectivity index (χ3n) is 11.5. The number of rotatable bonds is 5. The van der Waals surface area contributed by atoms with E-state index in [9.17, 15) is 10.2 Å². The van der Waals surface area contributed by atoms with Crippen molar-refractivity contribution in [3.63, 3.8) is 0 Å². The first-order valence-corrected chi connectivity index (χ1v) is 13.7. The van der Waals surface area contributed by atoms with E-state index < -0.39 is 0 Å². The number of hydrogen-bond acceptors (Lipinski definition) is 2. The fraction of sp³-hybridized carbons (Fsp3) is 0.931. The number of aliphatic hydroxyl groups excluding tert-OH is 2. The molecule has 0 radical (unpaired) electrons. The minimum Gasteiger partial charge on any atom is -0.393 e. The molecular weight excluding hydrogens is 380 g/mol. The average Bonchev–Trinajstić information content (AvgIpc) is 3.43. The fourth-order valence-corrected chi connectivity index (χ4v) is 9.92. The first-order chi connectivity index (χ1) is 14.6. The molecule has 2 heteroatoms. The molecule has 9 atom stereocenters. The van der Waals surface area contributed by atoms with Gasteiger partial charge in [-0.25, -0.2) is 0 Å². The monoisotopic (exact) mass is 428 g/mol. The summed E-state index contributed by atoms with van der Waals surface area (Å²) in [4.78, 5) is 0. The van der Waals surface area contributed by atoms with E-state index in [1.54, 1.807) is 5.57 Å². The number of allylic oxidation sites excluding steroid dienone is 1. The third kappa shape index (κ3) is 3.24. The zero-order valence-corrected chi connectivity index (χ0v) is 20.9. The van der Waals surface area contributed by atoms with Crippen LogP contribution in [0.15, 0.2) is 11.6 Å². The summed E-state index contributed by atoms with van der Waals surface area (Å²) in [6.45, 7) is 12.2. The molecule has 2 nitrogen and oxygen atoms in total. The van der Waals surface area contributed by atoms with Crippen LogP contribution in [0.5, 0.6) is 0 Å². The van der Waals surface area contributed by atoms with E-state index in [0.29, 0.717) is 28.6 Å². The second-order valence-electron chi connectivity index (χ2n) is 13.5. The third-order valence-corrected chi connectivity index (χ3v) is 11.5. The largest absolute Gasteiger partial charge is 0.393 e. The number of fused-ring (bicyclic) bond motifs is 6. The van der Waals surface area contributed by atoms with Gasteiger partial charge in [0.15, 0.2) is 0 Å². The predicted molar refractivity (Wildman–Crippen MR) is 127 cm³/mol. The van der Waals surface area contributed by atoms with Gasteiger partial charge in [0.1, 0.15) is 0 Å². The molecule has 4 saturated carbocycles. The van der Waals surface area contributed by atoms with Crippen molar-refractivity contribution in [2.24, 2.45) is 51.8 Å². The van der Waals surface area contributed by atoms with Crippen molar-refractivity contribution in [3.8, 4) is 0 Å². The fourth-order valence-electron chi connectivity index (χ4n) is 9.92. The van der Waals surface area contributed by atoms with Crippen molar-refractivity contribution in [1.82, 2.24) is 0 Å². The summed E-state index contributed by atoms with van der Waals surface area (Å²) >= 11 is 0. The molecule has 31 heavy (non-hydrogen) atoms. The van der Waals surface area contributed by atoms with Gasteiger partial charge >= 0.3 is 0 Å². The summed E-state index contributed by atoms with van der Waals surface area (Å²) in [7, 11) is 0. The Morgan fingerprint density at radius 3 is 2.39 bits per heavy atom. The minimum absolute atomic E-state index is 0.0957. The van der Waals surface area contributed by atoms with Crippen LogP contribution in [0.2, 0.25) is 0 Å². The zero-order valence-electron chi connectivity index (χ0n) is 20.9. The first-order valence-electron chi connectivity index (χ1n) is 13.7. The molecule has 4 fully saturated rings. The Labute approximate surface area is 191 Å². The van der Waals surface area contributed by atoms with Crippen molar-refractivity contribution in [2.75, 3.05) is 0 Å². The molecule has 0 aromatic heterocycles. The lowest BCUT2D eigenvalue weighted by Crippen LogP contribution is -2.53. The van der Waals surface area contributed by atoms with E-state index in [0.717, 1.165) is 30.6 Å². The Morgan fingerprint density at radius 2 is 1.71 bits per heavy atom. The average molecular weight is 429 g/mol. The van der Waals surface area contributed by atoms with Gasteiger partial charge in [-0.1, -0.05) is 65.5 Å². The van der Waals surface area contributed by atoms with Crippen LogP contribution in [0.1, 0.15) is 105 Å². The Bertz CT molecular complexity index is 720. The second kappa shape index (κ2) is 7.59. The van der Waals surface area contributed by atoms with Gasteiger partial charge in [-0.05, 0) is 97.7 Å². The van der Waals surface area contributed by atoms with Gasteiger partial charge < -0.3 is 10.2 Å². The molecule has 0 aromatic rings. The predicted octanol–water partition coefficient (Wildman–Crippen LogP) is 6.75. The van der Waals surface area contributed by atoms with Crippen molar-refractivity contribution in [3.05, 3.63) is 11.6 Å². The van der Waals surface area contributed by atoms with Gasteiger partial charge in [0.05, 0.1) is 12.2 Å². The summed E-state index contributed by atoms with van der Waals surface area (Å²) in [5, 5.41) is 22.1. The Kier molecular flexibility index (Phi) is 5.50. The van der Waals surface area contributed by atoms with Gasteiger partial charge in [-0.2, -0.15) is 0 Å². The molecule has 2 N–H and O–H groups in total. The Hall–Kier alpha value is -0.340. The number of hydrogen-bond donors (Lipinski definition) is 2. The molecule has 0 aromatic carbocycles. The minimum atomic E-state index is -0.107. The van der Waals surface area contributed by atoms with E-state index >= 15 is 0 Å². The van der Waals surface area contributed by atoms with Crippen LogP contribution in [-0.2, 0) is 0 Å². The molecule has 176 valence electrons. The smallest absolute Gasteiger partial charge is 0.0634 e. The molecule has 0 saturated heterocycles. The lowest BCUT2D eigenvalue weighted by Gasteiger charge is -2.60. The lowest BCUT2D eigenvalue weighted by molar-refractivity contribution is -0.0723. The van der Waals surface area contributed by atoms with Gasteiger partial charge in [-0.15, -0.1) is 0 Å². The van der Waals surface area contributed by atoms with Crippen molar-refractivity contribution < 1.29 is 10.2 Å². The zero-order chi connectivity index (χ0) is 22.2. The summed E-state index contributed by atoms with van der Waals surface area (Å²) in [5.41, 5.74) is 2.42. The second-order valence-corrected chi connectivity index (χ2v) is 13.5. The maximum Gasteiger partial charge on any atom is 0.0634 e. The summed E-state index contributed by atoms with van der Waals surface area (Å²) in [5.74, 6) is 4.07. The maximum absolute atomic E-state index is 11.3. The standard InChI is InChI=1S/C29H48O2/c1-18(2)7-6-8-19(3)26-23(30)17-22-20-9-10-24-27(4,21(20)11-13-28(22,26)5)14-12-25(31)29(24)15-16-29/h10,18-23,25-26,30-31H,6-9,11-17H2,1-5H3/t19-,20-,21+,22+,23?,25?,26+,27-,28+/m1/s1. The highest BCUT2D eigenvalue weighted by molar-refractivity contribution is 5.36. The van der Waals surface area contributed by atoms with Gasteiger partial charge in [0.2, 0.25) is 0 Å². The highest BCUT2D eigenvalue weighted by atomic mass is 16.3. The van der Waals surface area contributed by atoms with Crippen LogP contribution in [-0.4, -0.2) is 22.4 Å². The van der Waals surface area contributed by atoms with Gasteiger partial charge in [0, 0.05) is 5.41 Å². The highest BCUT2D eigenvalue weighted by Gasteiger charge is 2.66. The van der Waals surface area contributed by atoms with Crippen molar-refractivity contribution in [1.29, 1.82) is 0 Å². The Morgan fingerprint density at radius 1 is 0.968 bits per heavy atom. The normalized spacial score (nSPS) is 48.7. The van der Waals surface area contributed by atoms with E-state index in [1.807, 2.05) is 0 Å². The van der Waals surface area contributed by atoms with Gasteiger partial charge in [-0.3, -0.25) is 0 Å². The van der Waals surface area contributed by atoms with Crippen LogP contribution in [0.3, 0.4) is 0 Å². The van der Waals surface area contributed by atoms with Crippen LogP contribution < -0.4 is 0 Å². The van der Waals surface area contributed by atoms with Gasteiger partial charge in [0.25, 0.3) is 0 Å². The summed E-state index contributed by atoms with van der Waals surface area (Å²) in [6.07, 6.45) is 15.8. The highest BCUT2D eigenvalue weighted by Crippen LogP contribution is 2.72. The molecule has 0 heterocycles. The molecule has 0 aliphatic heterocycles. The van der Waals surface area contributed by atoms with E-state index in [2.05, 4.69) is 40.7 Å². The van der Waals surface area contributed by atoms with Crippen LogP contribution >= 0.6 is 0 Å². The summed E-state index contributed by atoms with van der Waals surface area (Å²) in [6, 6.07) is 0. The van der Waals surface area contributed by atoms with Crippen LogP contribution in [0.4, 0.5) is 0 Å². The lowest BCUT2D eigenvalue weighted by atomic mass is 9.45. The Balaban J connectivity index is 1.38. The van der Waals surface area contributed by atoms with Crippen LogP contribution in [0.25, 0.3) is 0 Å². The molecule has 5 aliphatic rings. The van der Waals surface area contributed by atoms with E-state index in [1.165, 1.54) is 57.8 Å². The van der Waals surface area contributed by atoms with E-state index in [4.69, 9.17) is 0 Å². The molecular formula is C29H48O2. The molecule has 2 unspecified atom stereocenters. The first kappa shape index (κ1) is 22.5. The molecule has 5 aliphatic carbocycles. The van der Waals surface area contributed by atoms with Crippen molar-refractivity contribution >= 4 is 0 Å². The molecule has 5 rings (SSSR count).